The molecule has 100 valence electrons. The summed E-state index contributed by atoms with van der Waals surface area (Å²) in [4.78, 5) is 11.2. The van der Waals surface area contributed by atoms with Crippen molar-refractivity contribution in [2.24, 2.45) is 4.99 Å². The van der Waals surface area contributed by atoms with Crippen LogP contribution in [0, 0.1) is 12.3 Å². The Morgan fingerprint density at radius 1 is 1.58 bits per heavy atom. The van der Waals surface area contributed by atoms with Crippen LogP contribution in [0.3, 0.4) is 0 Å². The Hall–Kier alpha value is -1.60. The van der Waals surface area contributed by atoms with Gasteiger partial charge in [-0.1, -0.05) is 11.5 Å². The molecule has 0 fully saturated rings. The first-order chi connectivity index (χ1) is 9.11. The first-order valence-corrected chi connectivity index (χ1v) is 7.38. The summed E-state index contributed by atoms with van der Waals surface area (Å²) in [5.74, 6) is 3.72. The van der Waals surface area contributed by atoms with Crippen molar-refractivity contribution in [2.45, 2.75) is 39.3 Å². The maximum Gasteiger partial charge on any atom is 0.124 e. The summed E-state index contributed by atoms with van der Waals surface area (Å²) in [7, 11) is 0. The normalized spacial score (nSPS) is 23.4. The summed E-state index contributed by atoms with van der Waals surface area (Å²) < 4.78 is 0. The largest absolute Gasteiger partial charge is 0.341 e. The molecule has 1 aromatic rings. The van der Waals surface area contributed by atoms with Crippen molar-refractivity contribution in [2.75, 3.05) is 6.54 Å². The predicted molar refractivity (Wildman–Crippen MR) is 81.5 cm³/mol. The molecule has 1 aliphatic heterocycles. The van der Waals surface area contributed by atoms with Crippen molar-refractivity contribution in [3.8, 4) is 12.3 Å². The molecule has 0 bridgehead atoms. The molecule has 2 unspecified atom stereocenters. The van der Waals surface area contributed by atoms with Crippen molar-refractivity contribution in [3.63, 3.8) is 0 Å². The van der Waals surface area contributed by atoms with E-state index in [4.69, 9.17) is 11.4 Å². The summed E-state index contributed by atoms with van der Waals surface area (Å²) in [6.45, 7) is 7.03. The van der Waals surface area contributed by atoms with Gasteiger partial charge in [-0.3, -0.25) is 4.99 Å². The van der Waals surface area contributed by atoms with Gasteiger partial charge in [-0.2, -0.15) is 0 Å². The van der Waals surface area contributed by atoms with E-state index in [0.717, 1.165) is 18.0 Å². The fraction of sp³-hybridized carbons (Fsp3) is 0.467. The molecular weight excluding hydrogens is 254 g/mol. The minimum Gasteiger partial charge on any atom is -0.341 e. The maximum atomic E-state index is 5.44. The van der Waals surface area contributed by atoms with Gasteiger partial charge in [-0.15, -0.1) is 17.8 Å². The van der Waals surface area contributed by atoms with Crippen molar-refractivity contribution < 1.29 is 0 Å². The van der Waals surface area contributed by atoms with Crippen LogP contribution in [0.2, 0.25) is 0 Å². The number of hydrogen-bond donors (Lipinski definition) is 0. The summed E-state index contributed by atoms with van der Waals surface area (Å²) in [6.07, 6.45) is 8.45. The summed E-state index contributed by atoms with van der Waals surface area (Å²) in [5, 5.41) is 2.08. The van der Waals surface area contributed by atoms with Crippen molar-refractivity contribution in [1.29, 1.82) is 0 Å². The zero-order valence-corrected chi connectivity index (χ0v) is 12.4. The fourth-order valence-electron chi connectivity index (χ4n) is 2.19. The Balaban J connectivity index is 2.12. The molecule has 0 aliphatic carbocycles. The topological polar surface area (TPSA) is 28.5 Å². The highest BCUT2D eigenvalue weighted by molar-refractivity contribution is 7.07. The van der Waals surface area contributed by atoms with Gasteiger partial charge >= 0.3 is 0 Å². The lowest BCUT2D eigenvalue weighted by molar-refractivity contribution is 0.364. The number of amidine groups is 1. The molecule has 0 spiro atoms. The highest BCUT2D eigenvalue weighted by atomic mass is 32.1. The minimum atomic E-state index is 0.298. The number of aliphatic imine (C=N–C) groups is 1. The lowest BCUT2D eigenvalue weighted by Crippen LogP contribution is -2.36. The molecule has 0 radical (unpaired) electrons. The molecule has 3 nitrogen and oxygen atoms in total. The van der Waals surface area contributed by atoms with E-state index in [1.165, 1.54) is 5.57 Å². The Morgan fingerprint density at radius 2 is 2.37 bits per heavy atom. The fourth-order valence-corrected chi connectivity index (χ4v) is 2.74. The Kier molecular flexibility index (Phi) is 4.39. The van der Waals surface area contributed by atoms with Gasteiger partial charge in [0.15, 0.2) is 0 Å². The van der Waals surface area contributed by atoms with Gasteiger partial charge in [0.05, 0.1) is 29.8 Å². The van der Waals surface area contributed by atoms with Crippen molar-refractivity contribution in [1.82, 2.24) is 9.88 Å². The third kappa shape index (κ3) is 3.24. The van der Waals surface area contributed by atoms with Crippen LogP contribution in [0.1, 0.15) is 26.5 Å². The highest BCUT2D eigenvalue weighted by Gasteiger charge is 2.27. The second-order valence-corrected chi connectivity index (χ2v) is 5.67. The van der Waals surface area contributed by atoms with E-state index in [2.05, 4.69) is 48.0 Å². The van der Waals surface area contributed by atoms with Gasteiger partial charge in [-0.25, -0.2) is 4.98 Å². The van der Waals surface area contributed by atoms with E-state index in [9.17, 15) is 0 Å². The molecule has 0 saturated heterocycles. The second kappa shape index (κ2) is 6.03. The quantitative estimate of drug-likeness (QED) is 0.789. The maximum absolute atomic E-state index is 5.44. The summed E-state index contributed by atoms with van der Waals surface area (Å²) in [6, 6.07) is 0.668. The van der Waals surface area contributed by atoms with Gasteiger partial charge in [0, 0.05) is 11.8 Å². The van der Waals surface area contributed by atoms with Crippen LogP contribution in [-0.4, -0.2) is 34.3 Å². The van der Waals surface area contributed by atoms with E-state index in [-0.39, 0.29) is 0 Å². The van der Waals surface area contributed by atoms with E-state index in [0.29, 0.717) is 18.6 Å². The number of aromatic nitrogens is 1. The monoisotopic (exact) mass is 273 g/mol. The standard InChI is InChI=1S/C15H19N3S/c1-5-6-18-13(4)12(3)17-15(18)8-11(2)7-14-9-19-10-16-14/h1,8-10,12-13H,6-7H2,2-4H3/b11-8+. The van der Waals surface area contributed by atoms with Gasteiger partial charge < -0.3 is 4.90 Å². The second-order valence-electron chi connectivity index (χ2n) is 4.95. The Labute approximate surface area is 119 Å². The van der Waals surface area contributed by atoms with Crippen LogP contribution in [0.15, 0.2) is 27.5 Å². The first kappa shape index (κ1) is 13.8. The van der Waals surface area contributed by atoms with E-state index in [1.54, 1.807) is 11.3 Å². The van der Waals surface area contributed by atoms with Gasteiger partial charge in [0.2, 0.25) is 0 Å². The Morgan fingerprint density at radius 3 is 3.00 bits per heavy atom. The molecule has 2 atom stereocenters. The number of rotatable bonds is 4. The smallest absolute Gasteiger partial charge is 0.124 e. The number of nitrogens with zero attached hydrogens (tertiary/aromatic N) is 3. The lowest BCUT2D eigenvalue weighted by atomic mass is 10.1. The third-order valence-electron chi connectivity index (χ3n) is 3.40. The first-order valence-electron chi connectivity index (χ1n) is 6.44. The number of hydrogen-bond acceptors (Lipinski definition) is 4. The summed E-state index contributed by atoms with van der Waals surface area (Å²) in [5.41, 5.74) is 4.24. The number of thiazole rings is 1. The molecule has 0 saturated carbocycles. The van der Waals surface area contributed by atoms with E-state index >= 15 is 0 Å². The highest BCUT2D eigenvalue weighted by Crippen LogP contribution is 2.19. The van der Waals surface area contributed by atoms with Gasteiger partial charge in [-0.05, 0) is 26.8 Å². The van der Waals surface area contributed by atoms with Crippen LogP contribution in [0.4, 0.5) is 0 Å². The molecule has 1 aliphatic rings. The summed E-state index contributed by atoms with van der Waals surface area (Å²) >= 11 is 1.63. The van der Waals surface area contributed by atoms with Gasteiger partial charge in [0.25, 0.3) is 0 Å². The molecule has 19 heavy (non-hydrogen) atoms. The van der Waals surface area contributed by atoms with Gasteiger partial charge in [0.1, 0.15) is 5.84 Å². The molecule has 0 N–H and O–H groups in total. The number of terminal acetylenes is 1. The molecule has 0 aromatic carbocycles. The Bertz CT molecular complexity index is 522. The molecule has 1 aromatic heterocycles. The number of allylic oxidation sites excluding steroid dienone is 1. The minimum absolute atomic E-state index is 0.298. The van der Waals surface area contributed by atoms with Crippen LogP contribution in [0.25, 0.3) is 0 Å². The molecule has 2 heterocycles. The van der Waals surface area contributed by atoms with Crippen LogP contribution < -0.4 is 0 Å². The van der Waals surface area contributed by atoms with Crippen LogP contribution in [-0.2, 0) is 6.42 Å². The predicted octanol–water partition coefficient (Wildman–Crippen LogP) is 2.76. The van der Waals surface area contributed by atoms with E-state index in [1.807, 2.05) is 5.51 Å². The molecule has 4 heteroatoms. The van der Waals surface area contributed by atoms with Crippen LogP contribution in [0.5, 0.6) is 0 Å². The average Bonchev–Trinajstić information content (AvgIpc) is 2.94. The molecule has 0 amide bonds. The third-order valence-corrected chi connectivity index (χ3v) is 4.04. The zero-order valence-electron chi connectivity index (χ0n) is 11.6. The molecule has 2 rings (SSSR count). The van der Waals surface area contributed by atoms with Crippen molar-refractivity contribution >= 4 is 17.2 Å². The lowest BCUT2D eigenvalue weighted by Gasteiger charge is -2.23. The van der Waals surface area contributed by atoms with Crippen LogP contribution >= 0.6 is 11.3 Å². The van der Waals surface area contributed by atoms with Crippen molar-refractivity contribution in [3.05, 3.63) is 28.2 Å². The average molecular weight is 273 g/mol. The molecular formula is C15H19N3S. The SMILES string of the molecule is C#CCN1C(/C=C(\C)Cc2cscn2)=NC(C)C1C. The van der Waals surface area contributed by atoms with E-state index < -0.39 is 0 Å². The zero-order chi connectivity index (χ0) is 13.8.